The van der Waals surface area contributed by atoms with Gasteiger partial charge in [0.05, 0.1) is 6.07 Å². The molecule has 19 heavy (non-hydrogen) atoms. The molecule has 0 fully saturated rings. The minimum absolute atomic E-state index is 0.367. The van der Waals surface area contributed by atoms with Crippen molar-refractivity contribution in [1.82, 2.24) is 0 Å². The molecule has 0 saturated heterocycles. The van der Waals surface area contributed by atoms with Gasteiger partial charge in [0.2, 0.25) is 5.91 Å². The SMILES string of the molecule is N#C[C@H](Cc1cccs1)C(=O)Nc1ccc(F)cc1. The fourth-order valence-corrected chi connectivity index (χ4v) is 2.34. The Labute approximate surface area is 114 Å². The molecule has 5 heteroatoms. The van der Waals surface area contributed by atoms with Crippen LogP contribution in [0.1, 0.15) is 4.88 Å². The fourth-order valence-electron chi connectivity index (χ4n) is 1.59. The van der Waals surface area contributed by atoms with Gasteiger partial charge in [-0.1, -0.05) is 6.07 Å². The second-order valence-corrected chi connectivity index (χ2v) is 4.99. The van der Waals surface area contributed by atoms with Gasteiger partial charge in [-0.2, -0.15) is 5.26 Å². The van der Waals surface area contributed by atoms with Crippen molar-refractivity contribution in [3.8, 4) is 6.07 Å². The van der Waals surface area contributed by atoms with Crippen molar-refractivity contribution in [3.05, 3.63) is 52.5 Å². The Kier molecular flexibility index (Phi) is 4.26. The average molecular weight is 274 g/mol. The van der Waals surface area contributed by atoms with Gasteiger partial charge in [-0.15, -0.1) is 11.3 Å². The van der Waals surface area contributed by atoms with Crippen molar-refractivity contribution in [3.63, 3.8) is 0 Å². The van der Waals surface area contributed by atoms with Crippen LogP contribution in [0.2, 0.25) is 0 Å². The maximum absolute atomic E-state index is 12.7. The van der Waals surface area contributed by atoms with Gasteiger partial charge in [-0.25, -0.2) is 4.39 Å². The van der Waals surface area contributed by atoms with Crippen molar-refractivity contribution in [2.75, 3.05) is 5.32 Å². The lowest BCUT2D eigenvalue weighted by Gasteiger charge is -2.09. The van der Waals surface area contributed by atoms with Gasteiger partial charge in [0.15, 0.2) is 0 Å². The van der Waals surface area contributed by atoms with Crippen molar-refractivity contribution in [2.24, 2.45) is 5.92 Å². The largest absolute Gasteiger partial charge is 0.325 e. The lowest BCUT2D eigenvalue weighted by molar-refractivity contribution is -0.118. The molecule has 1 aromatic carbocycles. The highest BCUT2D eigenvalue weighted by atomic mass is 32.1. The van der Waals surface area contributed by atoms with Crippen molar-refractivity contribution in [1.29, 1.82) is 5.26 Å². The summed E-state index contributed by atoms with van der Waals surface area (Å²) >= 11 is 1.51. The van der Waals surface area contributed by atoms with E-state index in [2.05, 4.69) is 5.32 Å². The zero-order valence-electron chi connectivity index (χ0n) is 9.97. The average Bonchev–Trinajstić information content (AvgIpc) is 2.91. The highest BCUT2D eigenvalue weighted by molar-refractivity contribution is 7.09. The quantitative estimate of drug-likeness (QED) is 0.930. The number of carbonyl (C=O) groups excluding carboxylic acids is 1. The molecule has 0 unspecified atom stereocenters. The summed E-state index contributed by atoms with van der Waals surface area (Å²) in [4.78, 5) is 12.9. The molecule has 0 aliphatic carbocycles. The summed E-state index contributed by atoms with van der Waals surface area (Å²) in [5, 5.41) is 13.6. The number of benzene rings is 1. The van der Waals surface area contributed by atoms with Crippen LogP contribution in [0.15, 0.2) is 41.8 Å². The van der Waals surface area contributed by atoms with E-state index in [1.165, 1.54) is 35.6 Å². The predicted octanol–water partition coefficient (Wildman–Crippen LogP) is 3.21. The number of rotatable bonds is 4. The molecule has 1 heterocycles. The van der Waals surface area contributed by atoms with Gasteiger partial charge < -0.3 is 5.32 Å². The minimum atomic E-state index is -0.747. The predicted molar refractivity (Wildman–Crippen MR) is 72.2 cm³/mol. The third-order valence-electron chi connectivity index (χ3n) is 2.57. The monoisotopic (exact) mass is 274 g/mol. The molecule has 2 aromatic rings. The molecule has 0 saturated carbocycles. The van der Waals surface area contributed by atoms with Crippen LogP contribution in [0.4, 0.5) is 10.1 Å². The number of halogens is 1. The van der Waals surface area contributed by atoms with Gasteiger partial charge in [0, 0.05) is 17.0 Å². The minimum Gasteiger partial charge on any atom is -0.325 e. The lowest BCUT2D eigenvalue weighted by Crippen LogP contribution is -2.23. The molecule has 0 radical (unpaired) electrons. The van der Waals surface area contributed by atoms with E-state index < -0.39 is 5.92 Å². The summed E-state index contributed by atoms with van der Waals surface area (Å²) in [5.74, 6) is -1.49. The van der Waals surface area contributed by atoms with Crippen molar-refractivity contribution >= 4 is 22.9 Å². The zero-order valence-corrected chi connectivity index (χ0v) is 10.8. The van der Waals surface area contributed by atoms with E-state index in [0.717, 1.165) is 4.88 Å². The van der Waals surface area contributed by atoms with Crippen LogP contribution in [0.25, 0.3) is 0 Å². The van der Waals surface area contributed by atoms with Crippen LogP contribution in [0.3, 0.4) is 0 Å². The Morgan fingerprint density at radius 1 is 1.37 bits per heavy atom. The van der Waals surface area contributed by atoms with E-state index in [9.17, 15) is 9.18 Å². The van der Waals surface area contributed by atoms with Gasteiger partial charge >= 0.3 is 0 Å². The summed E-state index contributed by atoms with van der Waals surface area (Å²) in [6.45, 7) is 0. The normalized spacial score (nSPS) is 11.6. The highest BCUT2D eigenvalue weighted by Crippen LogP contribution is 2.16. The Balaban J connectivity index is 2.01. The van der Waals surface area contributed by atoms with Gasteiger partial charge in [0.1, 0.15) is 11.7 Å². The summed E-state index contributed by atoms with van der Waals surface area (Å²) < 4.78 is 12.7. The zero-order chi connectivity index (χ0) is 13.7. The lowest BCUT2D eigenvalue weighted by atomic mass is 10.1. The number of thiophene rings is 1. The van der Waals surface area contributed by atoms with E-state index in [4.69, 9.17) is 5.26 Å². The smallest absolute Gasteiger partial charge is 0.242 e. The number of anilines is 1. The molecule has 1 amide bonds. The molecular weight excluding hydrogens is 263 g/mol. The molecule has 1 aromatic heterocycles. The van der Waals surface area contributed by atoms with E-state index in [-0.39, 0.29) is 11.7 Å². The van der Waals surface area contributed by atoms with Crippen LogP contribution in [-0.4, -0.2) is 5.91 Å². The number of hydrogen-bond donors (Lipinski definition) is 1. The first kappa shape index (κ1) is 13.2. The van der Waals surface area contributed by atoms with Gasteiger partial charge in [-0.05, 0) is 35.7 Å². The molecule has 96 valence electrons. The molecular formula is C14H11FN2OS. The third-order valence-corrected chi connectivity index (χ3v) is 3.47. The van der Waals surface area contributed by atoms with Crippen LogP contribution < -0.4 is 5.32 Å². The van der Waals surface area contributed by atoms with Gasteiger partial charge in [0.25, 0.3) is 0 Å². The number of nitriles is 1. The molecule has 0 aliphatic heterocycles. The highest BCUT2D eigenvalue weighted by Gasteiger charge is 2.19. The molecule has 3 nitrogen and oxygen atoms in total. The standard InChI is InChI=1S/C14H11FN2OS/c15-11-3-5-12(6-4-11)17-14(18)10(9-16)8-13-2-1-7-19-13/h1-7,10H,8H2,(H,17,18)/t10-/m0/s1. The van der Waals surface area contributed by atoms with Crippen LogP contribution in [0, 0.1) is 23.1 Å². The molecule has 0 spiro atoms. The number of hydrogen-bond acceptors (Lipinski definition) is 3. The summed E-state index contributed by atoms with van der Waals surface area (Å²) in [7, 11) is 0. The maximum atomic E-state index is 12.7. The molecule has 1 atom stereocenters. The molecule has 1 N–H and O–H groups in total. The molecule has 0 aliphatic rings. The fraction of sp³-hybridized carbons (Fsp3) is 0.143. The van der Waals surface area contributed by atoms with Crippen LogP contribution in [0.5, 0.6) is 0 Å². The number of amides is 1. The van der Waals surface area contributed by atoms with E-state index in [1.54, 1.807) is 0 Å². The third kappa shape index (κ3) is 3.63. The Bertz CT molecular complexity index is 587. The second kappa shape index (κ2) is 6.12. The van der Waals surface area contributed by atoms with Crippen LogP contribution >= 0.6 is 11.3 Å². The summed E-state index contributed by atoms with van der Waals surface area (Å²) in [5.41, 5.74) is 0.484. The summed E-state index contributed by atoms with van der Waals surface area (Å²) in [6.07, 6.45) is 0.390. The van der Waals surface area contributed by atoms with Gasteiger partial charge in [-0.3, -0.25) is 4.79 Å². The Hall–Kier alpha value is -2.19. The van der Waals surface area contributed by atoms with E-state index in [0.29, 0.717) is 12.1 Å². The maximum Gasteiger partial charge on any atom is 0.242 e. The van der Waals surface area contributed by atoms with E-state index >= 15 is 0 Å². The molecule has 0 bridgehead atoms. The first-order valence-corrected chi connectivity index (χ1v) is 6.55. The summed E-state index contributed by atoms with van der Waals surface area (Å²) in [6, 6.07) is 11.2. The Morgan fingerprint density at radius 2 is 2.11 bits per heavy atom. The number of carbonyl (C=O) groups is 1. The van der Waals surface area contributed by atoms with Crippen molar-refractivity contribution in [2.45, 2.75) is 6.42 Å². The van der Waals surface area contributed by atoms with Crippen LogP contribution in [-0.2, 0) is 11.2 Å². The molecule has 2 rings (SSSR count). The first-order valence-electron chi connectivity index (χ1n) is 5.67. The second-order valence-electron chi connectivity index (χ2n) is 3.96. The first-order chi connectivity index (χ1) is 9.19. The van der Waals surface area contributed by atoms with E-state index in [1.807, 2.05) is 23.6 Å². The topological polar surface area (TPSA) is 52.9 Å². The number of nitrogens with one attached hydrogen (secondary N) is 1. The Morgan fingerprint density at radius 3 is 2.68 bits per heavy atom. The van der Waals surface area contributed by atoms with Crippen molar-refractivity contribution < 1.29 is 9.18 Å². The number of nitrogens with zero attached hydrogens (tertiary/aromatic N) is 1.